The van der Waals surface area contributed by atoms with E-state index in [0.29, 0.717) is 12.0 Å². The molecule has 1 fully saturated rings. The molecule has 3 atom stereocenters. The number of hydrogen-bond donors (Lipinski definition) is 2. The lowest BCUT2D eigenvalue weighted by molar-refractivity contribution is 0.177. The summed E-state index contributed by atoms with van der Waals surface area (Å²) in [6, 6.07) is 6.82. The summed E-state index contributed by atoms with van der Waals surface area (Å²) >= 11 is 0. The zero-order valence-electron chi connectivity index (χ0n) is 12.3. The highest BCUT2D eigenvalue weighted by Gasteiger charge is 2.25. The zero-order valence-corrected chi connectivity index (χ0v) is 12.3. The van der Waals surface area contributed by atoms with Gasteiger partial charge in [0.25, 0.3) is 0 Å². The van der Waals surface area contributed by atoms with Crippen LogP contribution in [0.5, 0.6) is 5.75 Å². The van der Waals surface area contributed by atoms with Gasteiger partial charge in [-0.15, -0.1) is 0 Å². The van der Waals surface area contributed by atoms with Crippen molar-refractivity contribution < 1.29 is 9.84 Å². The molecule has 1 aliphatic heterocycles. The Morgan fingerprint density at radius 2 is 2.20 bits per heavy atom. The second-order valence-electron chi connectivity index (χ2n) is 6.28. The highest BCUT2D eigenvalue weighted by Crippen LogP contribution is 2.34. The van der Waals surface area contributed by atoms with E-state index in [1.807, 2.05) is 0 Å². The molecule has 1 heterocycles. The summed E-state index contributed by atoms with van der Waals surface area (Å²) in [7, 11) is 0. The van der Waals surface area contributed by atoms with Crippen molar-refractivity contribution in [2.75, 3.05) is 13.2 Å². The minimum atomic E-state index is -0.0752. The molecular weight excluding hydrogens is 250 g/mol. The summed E-state index contributed by atoms with van der Waals surface area (Å²) < 4.78 is 5.92. The molecule has 20 heavy (non-hydrogen) atoms. The average molecular weight is 275 g/mol. The molecule has 0 spiro atoms. The Morgan fingerprint density at radius 1 is 1.30 bits per heavy atom. The zero-order chi connectivity index (χ0) is 13.9. The van der Waals surface area contributed by atoms with Crippen LogP contribution >= 0.6 is 0 Å². The first-order chi connectivity index (χ1) is 9.74. The first-order valence-corrected chi connectivity index (χ1v) is 7.88. The van der Waals surface area contributed by atoms with Gasteiger partial charge in [-0.25, -0.2) is 0 Å². The van der Waals surface area contributed by atoms with Crippen molar-refractivity contribution in [3.05, 3.63) is 29.3 Å². The minimum absolute atomic E-state index is 0.0752. The summed E-state index contributed by atoms with van der Waals surface area (Å²) in [6.45, 7) is 3.95. The standard InChI is InChI=1S/C17H25NO2/c1-12-4-2-5-15-16(6-3-9-20-17(12)15)18-11-13-7-8-14(19)10-13/h2,4-5,13-14,16,18-19H,3,6-11H2,1H3. The summed E-state index contributed by atoms with van der Waals surface area (Å²) in [5.74, 6) is 1.70. The van der Waals surface area contributed by atoms with Gasteiger partial charge in [-0.3, -0.25) is 0 Å². The van der Waals surface area contributed by atoms with Gasteiger partial charge in [-0.2, -0.15) is 0 Å². The van der Waals surface area contributed by atoms with Crippen LogP contribution in [0.2, 0.25) is 0 Å². The first kappa shape index (κ1) is 13.9. The van der Waals surface area contributed by atoms with Gasteiger partial charge in [0.2, 0.25) is 0 Å². The molecule has 1 aromatic rings. The van der Waals surface area contributed by atoms with Crippen molar-refractivity contribution in [2.45, 2.75) is 51.2 Å². The molecule has 1 aromatic carbocycles. The van der Waals surface area contributed by atoms with Gasteiger partial charge < -0.3 is 15.2 Å². The number of benzene rings is 1. The van der Waals surface area contributed by atoms with E-state index in [4.69, 9.17) is 4.74 Å². The van der Waals surface area contributed by atoms with Gasteiger partial charge in [0.15, 0.2) is 0 Å². The molecule has 2 aliphatic rings. The minimum Gasteiger partial charge on any atom is -0.493 e. The summed E-state index contributed by atoms with van der Waals surface area (Å²) in [5, 5.41) is 13.3. The summed E-state index contributed by atoms with van der Waals surface area (Å²) in [6.07, 6.45) is 5.23. The van der Waals surface area contributed by atoms with Crippen LogP contribution in [-0.4, -0.2) is 24.4 Å². The van der Waals surface area contributed by atoms with Crippen LogP contribution in [0.15, 0.2) is 18.2 Å². The normalized spacial score (nSPS) is 29.6. The van der Waals surface area contributed by atoms with Gasteiger partial charge in [0.1, 0.15) is 5.75 Å². The maximum absolute atomic E-state index is 9.63. The van der Waals surface area contributed by atoms with Crippen molar-refractivity contribution in [2.24, 2.45) is 5.92 Å². The fraction of sp³-hybridized carbons (Fsp3) is 0.647. The molecule has 0 aromatic heterocycles. The van der Waals surface area contributed by atoms with E-state index in [-0.39, 0.29) is 6.10 Å². The number of nitrogens with one attached hydrogen (secondary N) is 1. The Morgan fingerprint density at radius 3 is 3.00 bits per heavy atom. The number of aliphatic hydroxyl groups excluding tert-OH is 1. The monoisotopic (exact) mass is 275 g/mol. The average Bonchev–Trinajstić information content (AvgIpc) is 2.73. The first-order valence-electron chi connectivity index (χ1n) is 7.88. The largest absolute Gasteiger partial charge is 0.493 e. The SMILES string of the molecule is Cc1cccc2c1OCCCC2NCC1CCC(O)C1. The molecule has 0 amide bonds. The Hall–Kier alpha value is -1.06. The summed E-state index contributed by atoms with van der Waals surface area (Å²) in [5.41, 5.74) is 2.54. The van der Waals surface area contributed by atoms with Gasteiger partial charge in [-0.1, -0.05) is 18.2 Å². The van der Waals surface area contributed by atoms with Crippen LogP contribution < -0.4 is 10.1 Å². The van der Waals surface area contributed by atoms with E-state index in [0.717, 1.165) is 51.0 Å². The molecule has 0 bridgehead atoms. The number of aryl methyl sites for hydroxylation is 1. The third-order valence-electron chi connectivity index (χ3n) is 4.67. The predicted octanol–water partition coefficient (Wildman–Crippen LogP) is 2.96. The predicted molar refractivity (Wildman–Crippen MR) is 80.0 cm³/mol. The Bertz CT molecular complexity index is 460. The van der Waals surface area contributed by atoms with Crippen molar-refractivity contribution in [3.8, 4) is 5.75 Å². The molecule has 0 saturated heterocycles. The quantitative estimate of drug-likeness (QED) is 0.891. The Labute approximate surface area is 121 Å². The van der Waals surface area contributed by atoms with E-state index in [2.05, 4.69) is 30.4 Å². The van der Waals surface area contributed by atoms with Crippen LogP contribution in [0.3, 0.4) is 0 Å². The number of rotatable bonds is 3. The maximum atomic E-state index is 9.63. The maximum Gasteiger partial charge on any atom is 0.126 e. The third-order valence-corrected chi connectivity index (χ3v) is 4.67. The lowest BCUT2D eigenvalue weighted by Gasteiger charge is -2.21. The molecule has 2 N–H and O–H groups in total. The van der Waals surface area contributed by atoms with Gasteiger partial charge in [0.05, 0.1) is 12.7 Å². The van der Waals surface area contributed by atoms with Crippen LogP contribution in [-0.2, 0) is 0 Å². The van der Waals surface area contributed by atoms with E-state index in [9.17, 15) is 5.11 Å². The number of hydrogen-bond acceptors (Lipinski definition) is 3. The molecule has 0 radical (unpaired) electrons. The fourth-order valence-electron chi connectivity index (χ4n) is 3.52. The highest BCUT2D eigenvalue weighted by atomic mass is 16.5. The van der Waals surface area contributed by atoms with E-state index < -0.39 is 0 Å². The van der Waals surface area contributed by atoms with E-state index >= 15 is 0 Å². The lowest BCUT2D eigenvalue weighted by Crippen LogP contribution is -2.26. The lowest BCUT2D eigenvalue weighted by atomic mass is 9.98. The Balaban J connectivity index is 1.69. The van der Waals surface area contributed by atoms with Crippen LogP contribution in [0.25, 0.3) is 0 Å². The second kappa shape index (κ2) is 6.15. The van der Waals surface area contributed by atoms with E-state index in [1.54, 1.807) is 0 Å². The van der Waals surface area contributed by atoms with Gasteiger partial charge in [0, 0.05) is 11.6 Å². The van der Waals surface area contributed by atoms with Crippen molar-refractivity contribution in [1.29, 1.82) is 0 Å². The van der Waals surface area contributed by atoms with Crippen LogP contribution in [0.4, 0.5) is 0 Å². The molecule has 3 unspecified atom stereocenters. The third kappa shape index (κ3) is 2.99. The topological polar surface area (TPSA) is 41.5 Å². The summed E-state index contributed by atoms with van der Waals surface area (Å²) in [4.78, 5) is 0. The Kier molecular flexibility index (Phi) is 4.27. The van der Waals surface area contributed by atoms with Crippen LogP contribution in [0, 0.1) is 12.8 Å². The molecular formula is C17H25NO2. The van der Waals surface area contributed by atoms with Crippen molar-refractivity contribution >= 4 is 0 Å². The van der Waals surface area contributed by atoms with Gasteiger partial charge >= 0.3 is 0 Å². The molecule has 3 nitrogen and oxygen atoms in total. The number of para-hydroxylation sites is 1. The highest BCUT2D eigenvalue weighted by molar-refractivity contribution is 5.43. The molecule has 1 aliphatic carbocycles. The smallest absolute Gasteiger partial charge is 0.126 e. The fourth-order valence-corrected chi connectivity index (χ4v) is 3.52. The van der Waals surface area contributed by atoms with Gasteiger partial charge in [-0.05, 0) is 57.1 Å². The van der Waals surface area contributed by atoms with Crippen LogP contribution in [0.1, 0.15) is 49.3 Å². The number of aliphatic hydroxyl groups is 1. The molecule has 1 saturated carbocycles. The molecule has 3 heteroatoms. The van der Waals surface area contributed by atoms with Crippen molar-refractivity contribution in [1.82, 2.24) is 5.32 Å². The second-order valence-corrected chi connectivity index (χ2v) is 6.28. The van der Waals surface area contributed by atoms with Crippen molar-refractivity contribution in [3.63, 3.8) is 0 Å². The molecule has 3 rings (SSSR count). The molecule has 110 valence electrons. The number of ether oxygens (including phenoxy) is 1. The number of fused-ring (bicyclic) bond motifs is 1. The van der Waals surface area contributed by atoms with E-state index in [1.165, 1.54) is 11.1 Å².